The fourth-order valence-corrected chi connectivity index (χ4v) is 4.43. The number of hydrogen-bond donors (Lipinski definition) is 2. The van der Waals surface area contributed by atoms with Crippen LogP contribution in [-0.4, -0.2) is 34.8 Å². The Kier molecular flexibility index (Phi) is 5.15. The Morgan fingerprint density at radius 2 is 1.91 bits per heavy atom. The van der Waals surface area contributed by atoms with Crippen molar-refractivity contribution in [2.45, 2.75) is 57.2 Å². The summed E-state index contributed by atoms with van der Waals surface area (Å²) >= 11 is 0. The Morgan fingerprint density at radius 3 is 2.61 bits per heavy atom. The van der Waals surface area contributed by atoms with Crippen molar-refractivity contribution in [2.75, 3.05) is 5.32 Å². The van der Waals surface area contributed by atoms with E-state index < -0.39 is 18.0 Å². The number of nitrogens with one attached hydrogen (secondary N) is 2. The summed E-state index contributed by atoms with van der Waals surface area (Å²) in [6.07, 6.45) is 2.35. The number of piperidine rings is 1. The zero-order valence-electron chi connectivity index (χ0n) is 18.3. The van der Waals surface area contributed by atoms with Crippen LogP contribution in [0.15, 0.2) is 42.5 Å². The van der Waals surface area contributed by atoms with E-state index in [1.54, 1.807) is 12.1 Å². The molecule has 1 unspecified atom stereocenters. The summed E-state index contributed by atoms with van der Waals surface area (Å²) in [5, 5.41) is 5.02. The summed E-state index contributed by atoms with van der Waals surface area (Å²) in [4.78, 5) is 50.2. The van der Waals surface area contributed by atoms with Crippen LogP contribution in [0.4, 0.5) is 10.5 Å². The zero-order chi connectivity index (χ0) is 23.2. The number of carbonyl (C=O) groups excluding carboxylic acids is 4. The van der Waals surface area contributed by atoms with Crippen molar-refractivity contribution < 1.29 is 23.9 Å². The molecule has 0 radical (unpaired) electrons. The van der Waals surface area contributed by atoms with Gasteiger partial charge in [-0.1, -0.05) is 31.2 Å². The molecule has 2 N–H and O–H groups in total. The van der Waals surface area contributed by atoms with Crippen molar-refractivity contribution in [3.63, 3.8) is 0 Å². The van der Waals surface area contributed by atoms with Gasteiger partial charge in [-0.25, -0.2) is 4.79 Å². The molecule has 2 aliphatic heterocycles. The molecule has 3 aliphatic rings. The van der Waals surface area contributed by atoms with Crippen LogP contribution in [0.5, 0.6) is 0 Å². The predicted octanol–water partition coefficient (Wildman–Crippen LogP) is 3.25. The lowest BCUT2D eigenvalue weighted by molar-refractivity contribution is -0.136. The highest BCUT2D eigenvalue weighted by molar-refractivity contribution is 6.05. The van der Waals surface area contributed by atoms with Crippen LogP contribution in [0.25, 0.3) is 0 Å². The molecule has 1 saturated heterocycles. The quantitative estimate of drug-likeness (QED) is 0.685. The first-order valence-corrected chi connectivity index (χ1v) is 11.1. The maximum absolute atomic E-state index is 12.9. The standard InChI is InChI=1S/C25H25N3O5/c1-25(10-11-25)17-4-6-18(7-5-17)26-24(32)33-14-15-2-3-16-13-28(23(31)19(16)12-15)20-8-9-21(29)27-22(20)30/h2-7,12,20H,8-11,13-14H2,1H3,(H,26,32)(H,27,29,30). The van der Waals surface area contributed by atoms with Gasteiger partial charge in [0.1, 0.15) is 12.6 Å². The molecule has 2 aromatic rings. The molecular formula is C25H25N3O5. The number of amides is 4. The second kappa shape index (κ2) is 8.03. The van der Waals surface area contributed by atoms with Gasteiger partial charge in [0, 0.05) is 24.2 Å². The number of fused-ring (bicyclic) bond motifs is 1. The summed E-state index contributed by atoms with van der Waals surface area (Å²) in [5.41, 5.74) is 4.19. The van der Waals surface area contributed by atoms with Crippen LogP contribution in [-0.2, 0) is 32.9 Å². The molecule has 0 aromatic heterocycles. The predicted molar refractivity (Wildman–Crippen MR) is 119 cm³/mol. The van der Waals surface area contributed by atoms with Gasteiger partial charge in [0.15, 0.2) is 0 Å². The van der Waals surface area contributed by atoms with E-state index >= 15 is 0 Å². The minimum Gasteiger partial charge on any atom is -0.444 e. The maximum Gasteiger partial charge on any atom is 0.411 e. The van der Waals surface area contributed by atoms with Crippen molar-refractivity contribution in [2.24, 2.45) is 0 Å². The number of ether oxygens (including phenoxy) is 1. The Hall–Kier alpha value is -3.68. The van der Waals surface area contributed by atoms with E-state index in [2.05, 4.69) is 17.6 Å². The van der Waals surface area contributed by atoms with Gasteiger partial charge in [0.05, 0.1) is 0 Å². The van der Waals surface area contributed by atoms with Gasteiger partial charge >= 0.3 is 6.09 Å². The van der Waals surface area contributed by atoms with Crippen molar-refractivity contribution >= 4 is 29.5 Å². The first-order chi connectivity index (χ1) is 15.8. The Labute approximate surface area is 191 Å². The number of benzene rings is 2. The Balaban J connectivity index is 1.18. The molecule has 1 atom stereocenters. The molecule has 2 fully saturated rings. The first kappa shape index (κ1) is 21.2. The van der Waals surface area contributed by atoms with Crippen LogP contribution in [0.3, 0.4) is 0 Å². The van der Waals surface area contributed by atoms with E-state index in [1.165, 1.54) is 23.3 Å². The molecule has 8 nitrogen and oxygen atoms in total. The lowest BCUT2D eigenvalue weighted by atomic mass is 9.98. The molecule has 5 rings (SSSR count). The highest BCUT2D eigenvalue weighted by atomic mass is 16.5. The van der Waals surface area contributed by atoms with Gasteiger partial charge in [-0.2, -0.15) is 0 Å². The third kappa shape index (κ3) is 4.20. The fraction of sp³-hybridized carbons (Fsp3) is 0.360. The van der Waals surface area contributed by atoms with Crippen molar-refractivity contribution in [1.82, 2.24) is 10.2 Å². The minimum atomic E-state index is -0.651. The second-order valence-electron chi connectivity index (χ2n) is 9.23. The second-order valence-corrected chi connectivity index (χ2v) is 9.23. The average Bonchev–Trinajstić information content (AvgIpc) is 3.47. The molecule has 2 heterocycles. The van der Waals surface area contributed by atoms with Gasteiger partial charge in [-0.3, -0.25) is 25.0 Å². The number of imide groups is 1. The molecule has 2 aromatic carbocycles. The summed E-state index contributed by atoms with van der Waals surface area (Å²) < 4.78 is 5.33. The average molecular weight is 447 g/mol. The third-order valence-electron chi connectivity index (χ3n) is 6.79. The topological polar surface area (TPSA) is 105 Å². The van der Waals surface area contributed by atoms with Crippen molar-refractivity contribution in [3.05, 3.63) is 64.7 Å². The number of anilines is 1. The first-order valence-electron chi connectivity index (χ1n) is 11.1. The zero-order valence-corrected chi connectivity index (χ0v) is 18.3. The molecule has 170 valence electrons. The smallest absolute Gasteiger partial charge is 0.411 e. The summed E-state index contributed by atoms with van der Waals surface area (Å²) in [7, 11) is 0. The van der Waals surface area contributed by atoms with Crippen LogP contribution in [0.2, 0.25) is 0 Å². The third-order valence-corrected chi connectivity index (χ3v) is 6.79. The molecule has 8 heteroatoms. The van der Waals surface area contributed by atoms with E-state index in [1.807, 2.05) is 30.3 Å². The summed E-state index contributed by atoms with van der Waals surface area (Å²) in [6, 6.07) is 12.5. The molecule has 1 saturated carbocycles. The number of hydrogen-bond acceptors (Lipinski definition) is 5. The monoisotopic (exact) mass is 447 g/mol. The highest BCUT2D eigenvalue weighted by Crippen LogP contribution is 2.47. The van der Waals surface area contributed by atoms with E-state index in [9.17, 15) is 19.2 Å². The van der Waals surface area contributed by atoms with Crippen LogP contribution >= 0.6 is 0 Å². The normalized spacial score (nSPS) is 20.8. The highest BCUT2D eigenvalue weighted by Gasteiger charge is 2.39. The Bertz CT molecular complexity index is 1150. The number of nitrogens with zero attached hydrogens (tertiary/aromatic N) is 1. The van der Waals surface area contributed by atoms with E-state index in [0.29, 0.717) is 29.8 Å². The number of rotatable bonds is 5. The van der Waals surface area contributed by atoms with Crippen molar-refractivity contribution in [3.8, 4) is 0 Å². The molecule has 0 bridgehead atoms. The minimum absolute atomic E-state index is 0.0148. The molecule has 4 amide bonds. The van der Waals surface area contributed by atoms with Gasteiger partial charge in [-0.15, -0.1) is 0 Å². The van der Waals surface area contributed by atoms with Crippen molar-refractivity contribution in [1.29, 1.82) is 0 Å². The largest absolute Gasteiger partial charge is 0.444 e. The summed E-state index contributed by atoms with van der Waals surface area (Å²) in [6.45, 7) is 2.56. The fourth-order valence-electron chi connectivity index (χ4n) is 4.43. The SMILES string of the molecule is CC1(c2ccc(NC(=O)OCc3ccc4c(c3)C(=O)N(C3CCC(=O)NC3=O)C4)cc2)CC1. The summed E-state index contributed by atoms with van der Waals surface area (Å²) in [5.74, 6) is -1.01. The van der Waals surface area contributed by atoms with Crippen LogP contribution in [0.1, 0.15) is 59.7 Å². The van der Waals surface area contributed by atoms with Crippen LogP contribution in [0, 0.1) is 0 Å². The lowest BCUT2D eigenvalue weighted by Crippen LogP contribution is -2.52. The lowest BCUT2D eigenvalue weighted by Gasteiger charge is -2.29. The van der Waals surface area contributed by atoms with Gasteiger partial charge in [0.25, 0.3) is 5.91 Å². The van der Waals surface area contributed by atoms with E-state index in [-0.39, 0.29) is 30.3 Å². The van der Waals surface area contributed by atoms with Crippen LogP contribution < -0.4 is 10.6 Å². The van der Waals surface area contributed by atoms with Gasteiger partial charge < -0.3 is 9.64 Å². The maximum atomic E-state index is 12.9. The van der Waals surface area contributed by atoms with Gasteiger partial charge in [-0.05, 0) is 59.6 Å². The number of carbonyl (C=O) groups is 4. The molecule has 33 heavy (non-hydrogen) atoms. The van der Waals surface area contributed by atoms with E-state index in [0.717, 1.165) is 5.56 Å². The van der Waals surface area contributed by atoms with Gasteiger partial charge in [0.2, 0.25) is 11.8 Å². The molecule has 0 spiro atoms. The Morgan fingerprint density at radius 1 is 1.15 bits per heavy atom. The molecular weight excluding hydrogens is 422 g/mol. The molecule has 1 aliphatic carbocycles. The van der Waals surface area contributed by atoms with E-state index in [4.69, 9.17) is 4.74 Å².